The maximum absolute atomic E-state index is 13.6. The summed E-state index contributed by atoms with van der Waals surface area (Å²) in [5.74, 6) is 0.119. The Bertz CT molecular complexity index is 1130. The minimum atomic E-state index is -3.72. The average Bonchev–Trinajstić information content (AvgIpc) is 3.24. The SMILES string of the molecule is NCCCN(C1CCCCC1)S(=O)(=O)c1cccc(-c2nc3c(Cl)ccc(O)c3o2)c1. The normalized spacial score (nSPS) is 15.7. The molecule has 0 atom stereocenters. The Morgan fingerprint density at radius 1 is 1.19 bits per heavy atom. The largest absolute Gasteiger partial charge is 0.504 e. The maximum Gasteiger partial charge on any atom is 0.243 e. The summed E-state index contributed by atoms with van der Waals surface area (Å²) in [4.78, 5) is 4.55. The first kappa shape index (κ1) is 22.1. The fourth-order valence-corrected chi connectivity index (χ4v) is 6.09. The summed E-state index contributed by atoms with van der Waals surface area (Å²) in [6.45, 7) is 0.839. The molecular formula is C22H26ClN3O4S. The molecule has 1 aliphatic rings. The molecule has 1 saturated carbocycles. The van der Waals surface area contributed by atoms with E-state index in [4.69, 9.17) is 21.8 Å². The van der Waals surface area contributed by atoms with Crippen LogP contribution in [0.25, 0.3) is 22.6 Å². The van der Waals surface area contributed by atoms with E-state index in [1.54, 1.807) is 28.6 Å². The number of hydrogen-bond acceptors (Lipinski definition) is 6. The molecule has 0 radical (unpaired) electrons. The molecule has 4 rings (SSSR count). The average molecular weight is 464 g/mol. The molecule has 166 valence electrons. The topological polar surface area (TPSA) is 110 Å². The van der Waals surface area contributed by atoms with Crippen LogP contribution >= 0.6 is 11.6 Å². The Morgan fingerprint density at radius 2 is 1.97 bits per heavy atom. The number of rotatable bonds is 7. The van der Waals surface area contributed by atoms with E-state index in [0.717, 1.165) is 32.1 Å². The molecule has 1 heterocycles. The lowest BCUT2D eigenvalue weighted by molar-refractivity contribution is 0.252. The first-order valence-electron chi connectivity index (χ1n) is 10.5. The van der Waals surface area contributed by atoms with E-state index in [0.29, 0.717) is 35.6 Å². The van der Waals surface area contributed by atoms with Crippen molar-refractivity contribution in [2.45, 2.75) is 49.5 Å². The third kappa shape index (κ3) is 4.43. The molecule has 0 amide bonds. The van der Waals surface area contributed by atoms with Crippen LogP contribution in [0.5, 0.6) is 5.75 Å². The van der Waals surface area contributed by atoms with Gasteiger partial charge in [0.2, 0.25) is 15.9 Å². The van der Waals surface area contributed by atoms with Crippen molar-refractivity contribution in [3.05, 3.63) is 41.4 Å². The molecule has 0 unspecified atom stereocenters. The number of phenols is 1. The van der Waals surface area contributed by atoms with Crippen LogP contribution in [-0.2, 0) is 10.0 Å². The van der Waals surface area contributed by atoms with Crippen molar-refractivity contribution >= 4 is 32.7 Å². The van der Waals surface area contributed by atoms with Gasteiger partial charge in [-0.15, -0.1) is 0 Å². The van der Waals surface area contributed by atoms with Crippen molar-refractivity contribution in [1.29, 1.82) is 0 Å². The maximum atomic E-state index is 13.6. The number of aromatic hydroxyl groups is 1. The first-order valence-corrected chi connectivity index (χ1v) is 12.3. The summed E-state index contributed by atoms with van der Waals surface area (Å²) in [6, 6.07) is 9.49. The predicted molar refractivity (Wildman–Crippen MR) is 121 cm³/mol. The zero-order chi connectivity index (χ0) is 22.0. The zero-order valence-corrected chi connectivity index (χ0v) is 18.7. The Balaban J connectivity index is 1.72. The highest BCUT2D eigenvalue weighted by molar-refractivity contribution is 7.89. The van der Waals surface area contributed by atoms with Crippen molar-refractivity contribution in [1.82, 2.24) is 9.29 Å². The molecule has 3 aromatic rings. The number of oxazole rings is 1. The lowest BCUT2D eigenvalue weighted by atomic mass is 9.95. The van der Waals surface area contributed by atoms with Gasteiger partial charge in [0.1, 0.15) is 5.52 Å². The van der Waals surface area contributed by atoms with E-state index in [-0.39, 0.29) is 28.2 Å². The smallest absolute Gasteiger partial charge is 0.243 e. The molecule has 7 nitrogen and oxygen atoms in total. The highest BCUT2D eigenvalue weighted by Crippen LogP contribution is 2.35. The van der Waals surface area contributed by atoms with Crippen LogP contribution in [0.15, 0.2) is 45.7 Å². The summed E-state index contributed by atoms with van der Waals surface area (Å²) in [5.41, 5.74) is 6.67. The monoisotopic (exact) mass is 463 g/mol. The van der Waals surface area contributed by atoms with Crippen molar-refractivity contribution in [2.75, 3.05) is 13.1 Å². The minimum absolute atomic E-state index is 0.00552. The Kier molecular flexibility index (Phi) is 6.52. The van der Waals surface area contributed by atoms with Gasteiger partial charge >= 0.3 is 0 Å². The third-order valence-electron chi connectivity index (χ3n) is 5.73. The molecule has 0 aliphatic heterocycles. The van der Waals surface area contributed by atoms with Crippen molar-refractivity contribution < 1.29 is 17.9 Å². The number of sulfonamides is 1. The number of nitrogens with zero attached hydrogens (tertiary/aromatic N) is 2. The van der Waals surface area contributed by atoms with Crippen LogP contribution in [0.3, 0.4) is 0 Å². The Morgan fingerprint density at radius 3 is 2.68 bits per heavy atom. The van der Waals surface area contributed by atoms with E-state index in [1.165, 1.54) is 12.1 Å². The summed E-state index contributed by atoms with van der Waals surface area (Å²) in [7, 11) is -3.72. The van der Waals surface area contributed by atoms with Gasteiger partial charge < -0.3 is 15.3 Å². The summed E-state index contributed by atoms with van der Waals surface area (Å²) in [5, 5.41) is 10.4. The van der Waals surface area contributed by atoms with Crippen LogP contribution in [0, 0.1) is 0 Å². The van der Waals surface area contributed by atoms with Gasteiger partial charge in [-0.1, -0.05) is 36.9 Å². The van der Waals surface area contributed by atoms with E-state index < -0.39 is 10.0 Å². The lowest BCUT2D eigenvalue weighted by Crippen LogP contribution is -2.42. The number of benzene rings is 2. The van der Waals surface area contributed by atoms with Gasteiger partial charge in [-0.2, -0.15) is 4.31 Å². The number of hydrogen-bond donors (Lipinski definition) is 2. The molecule has 0 saturated heterocycles. The molecule has 0 bridgehead atoms. The summed E-state index contributed by atoms with van der Waals surface area (Å²) in [6.07, 6.45) is 5.56. The van der Waals surface area contributed by atoms with E-state index in [9.17, 15) is 13.5 Å². The highest BCUT2D eigenvalue weighted by atomic mass is 35.5. The van der Waals surface area contributed by atoms with Crippen molar-refractivity contribution in [3.8, 4) is 17.2 Å². The number of phenolic OH excluding ortho intramolecular Hbond substituents is 1. The molecule has 1 fully saturated rings. The Hall–Kier alpha value is -2.13. The minimum Gasteiger partial charge on any atom is -0.504 e. The molecule has 0 spiro atoms. The number of fused-ring (bicyclic) bond motifs is 1. The number of aromatic nitrogens is 1. The molecule has 2 aromatic carbocycles. The molecule has 31 heavy (non-hydrogen) atoms. The van der Waals surface area contributed by atoms with Crippen LogP contribution in [0.1, 0.15) is 38.5 Å². The van der Waals surface area contributed by atoms with E-state index in [1.807, 2.05) is 0 Å². The summed E-state index contributed by atoms with van der Waals surface area (Å²) >= 11 is 6.16. The predicted octanol–water partition coefficient (Wildman–Crippen LogP) is 4.53. The van der Waals surface area contributed by atoms with E-state index in [2.05, 4.69) is 4.98 Å². The first-order chi connectivity index (χ1) is 14.9. The quantitative estimate of drug-likeness (QED) is 0.532. The molecule has 1 aliphatic carbocycles. The zero-order valence-electron chi connectivity index (χ0n) is 17.1. The molecular weight excluding hydrogens is 438 g/mol. The lowest BCUT2D eigenvalue weighted by Gasteiger charge is -2.33. The van der Waals surface area contributed by atoms with Gasteiger partial charge in [-0.05, 0) is 56.1 Å². The van der Waals surface area contributed by atoms with Gasteiger partial charge in [0.05, 0.1) is 9.92 Å². The van der Waals surface area contributed by atoms with Gasteiger partial charge in [0.15, 0.2) is 11.3 Å². The second-order valence-corrected chi connectivity index (χ2v) is 10.1. The van der Waals surface area contributed by atoms with Crippen LogP contribution in [0.4, 0.5) is 0 Å². The van der Waals surface area contributed by atoms with Gasteiger partial charge in [0.25, 0.3) is 0 Å². The second-order valence-electron chi connectivity index (χ2n) is 7.84. The third-order valence-corrected chi connectivity index (χ3v) is 7.98. The fourth-order valence-electron chi connectivity index (χ4n) is 4.13. The molecule has 9 heteroatoms. The van der Waals surface area contributed by atoms with Crippen LogP contribution in [0.2, 0.25) is 5.02 Å². The Labute approximate surface area is 186 Å². The van der Waals surface area contributed by atoms with Crippen LogP contribution < -0.4 is 5.73 Å². The fraction of sp³-hybridized carbons (Fsp3) is 0.409. The van der Waals surface area contributed by atoms with Gasteiger partial charge in [-0.3, -0.25) is 0 Å². The molecule has 1 aromatic heterocycles. The van der Waals surface area contributed by atoms with Crippen molar-refractivity contribution in [3.63, 3.8) is 0 Å². The van der Waals surface area contributed by atoms with Crippen molar-refractivity contribution in [2.24, 2.45) is 5.73 Å². The standard InChI is InChI=1S/C22H26ClN3O4S/c23-18-10-11-19(27)21-20(18)25-22(30-21)15-6-4-9-17(14-15)31(28,29)26(13-5-12-24)16-7-2-1-3-8-16/h4,6,9-11,14,16,27H,1-3,5,7-8,12-13,24H2. The van der Waals surface area contributed by atoms with Gasteiger partial charge in [0, 0.05) is 18.2 Å². The van der Waals surface area contributed by atoms with Crippen LogP contribution in [-0.4, -0.2) is 41.9 Å². The second kappa shape index (κ2) is 9.16. The summed E-state index contributed by atoms with van der Waals surface area (Å²) < 4.78 is 34.5. The highest BCUT2D eigenvalue weighted by Gasteiger charge is 2.32. The number of halogens is 1. The number of nitrogens with two attached hydrogens (primary N) is 1. The molecule has 3 N–H and O–H groups in total. The van der Waals surface area contributed by atoms with Gasteiger partial charge in [-0.25, -0.2) is 13.4 Å². The van der Waals surface area contributed by atoms with E-state index >= 15 is 0 Å².